The fourth-order valence-corrected chi connectivity index (χ4v) is 2.06. The maximum atomic E-state index is 12.2. The number of thiophene rings is 1. The Balaban J connectivity index is 0.00000196. The van der Waals surface area contributed by atoms with E-state index in [0.717, 1.165) is 17.4 Å². The van der Waals surface area contributed by atoms with Crippen molar-refractivity contribution in [1.82, 2.24) is 0 Å². The average molecular weight is 260 g/mol. The molecule has 0 saturated heterocycles. The lowest BCUT2D eigenvalue weighted by atomic mass is 10.0. The maximum Gasteiger partial charge on any atom is 0.425 e. The fourth-order valence-electron chi connectivity index (χ4n) is 1.01. The maximum absolute atomic E-state index is 12.2. The summed E-state index contributed by atoms with van der Waals surface area (Å²) in [6.45, 7) is 3.77. The lowest BCUT2D eigenvalue weighted by molar-refractivity contribution is -0.134. The van der Waals surface area contributed by atoms with E-state index in [0.29, 0.717) is 4.88 Å². The first kappa shape index (κ1) is 14.7. The molecular weight excluding hydrogens is 247 g/mol. The number of hydrogen-bond acceptors (Lipinski definition) is 2. The minimum absolute atomic E-state index is 0. The summed E-state index contributed by atoms with van der Waals surface area (Å²) >= 11 is 0.726. The highest BCUT2D eigenvalue weighted by atomic mass is 35.5. The quantitative estimate of drug-likeness (QED) is 0.858. The van der Waals surface area contributed by atoms with E-state index >= 15 is 0 Å². The van der Waals surface area contributed by atoms with Crippen molar-refractivity contribution in [1.29, 1.82) is 0 Å². The van der Waals surface area contributed by atoms with Gasteiger partial charge in [0.1, 0.15) is 4.88 Å². The molecule has 0 aliphatic carbocycles. The molecule has 88 valence electrons. The Labute approximate surface area is 96.9 Å². The molecule has 0 aliphatic rings. The molecule has 0 radical (unpaired) electrons. The van der Waals surface area contributed by atoms with E-state index in [4.69, 9.17) is 5.73 Å². The molecule has 0 saturated carbocycles. The molecule has 0 aromatic carbocycles. The third-order valence-corrected chi connectivity index (χ3v) is 3.18. The Hall–Kier alpha value is -0.260. The third-order valence-electron chi connectivity index (χ3n) is 1.95. The molecule has 0 fully saturated rings. The standard InChI is InChI=1S/C9H12F3NS.ClH/c1-5(2)8(13)6-3-4-7(14-6)9(10,11)12;/h3-5,8H,13H2,1-2H3;1H. The predicted octanol–water partition coefficient (Wildman–Crippen LogP) is 3.84. The molecule has 1 nitrogen and oxygen atoms in total. The summed E-state index contributed by atoms with van der Waals surface area (Å²) in [6, 6.07) is 2.23. The van der Waals surface area contributed by atoms with E-state index in [1.54, 1.807) is 0 Å². The molecule has 1 unspecified atom stereocenters. The fraction of sp³-hybridized carbons (Fsp3) is 0.556. The van der Waals surface area contributed by atoms with Gasteiger partial charge in [-0.2, -0.15) is 13.2 Å². The van der Waals surface area contributed by atoms with Crippen molar-refractivity contribution in [3.8, 4) is 0 Å². The zero-order valence-corrected chi connectivity index (χ0v) is 9.97. The molecular formula is C9H13ClF3NS. The molecule has 1 heterocycles. The Kier molecular flexibility index (Phi) is 5.09. The van der Waals surface area contributed by atoms with Crippen LogP contribution in [0, 0.1) is 5.92 Å². The van der Waals surface area contributed by atoms with Crippen LogP contribution in [0.5, 0.6) is 0 Å². The molecule has 1 rings (SSSR count). The van der Waals surface area contributed by atoms with Gasteiger partial charge in [0.25, 0.3) is 0 Å². The molecule has 1 atom stereocenters. The highest BCUT2D eigenvalue weighted by Crippen LogP contribution is 2.37. The minimum Gasteiger partial charge on any atom is -0.323 e. The molecule has 0 bridgehead atoms. The van der Waals surface area contributed by atoms with Gasteiger partial charge in [-0.15, -0.1) is 23.7 Å². The van der Waals surface area contributed by atoms with Gasteiger partial charge in [-0.3, -0.25) is 0 Å². The summed E-state index contributed by atoms with van der Waals surface area (Å²) in [7, 11) is 0. The molecule has 0 aliphatic heterocycles. The van der Waals surface area contributed by atoms with E-state index < -0.39 is 11.1 Å². The van der Waals surface area contributed by atoms with Gasteiger partial charge in [-0.1, -0.05) is 13.8 Å². The van der Waals surface area contributed by atoms with Crippen molar-refractivity contribution >= 4 is 23.7 Å². The minimum atomic E-state index is -4.25. The first-order valence-corrected chi connectivity index (χ1v) is 5.06. The Morgan fingerprint density at radius 1 is 1.27 bits per heavy atom. The van der Waals surface area contributed by atoms with Crippen molar-refractivity contribution < 1.29 is 13.2 Å². The molecule has 15 heavy (non-hydrogen) atoms. The van der Waals surface area contributed by atoms with E-state index in [9.17, 15) is 13.2 Å². The molecule has 0 amide bonds. The summed E-state index contributed by atoms with van der Waals surface area (Å²) in [6.07, 6.45) is -4.25. The summed E-state index contributed by atoms with van der Waals surface area (Å²) in [5.41, 5.74) is 5.74. The molecule has 1 aromatic heterocycles. The van der Waals surface area contributed by atoms with Crippen LogP contribution in [0.2, 0.25) is 0 Å². The van der Waals surface area contributed by atoms with Crippen molar-refractivity contribution in [2.75, 3.05) is 0 Å². The van der Waals surface area contributed by atoms with Gasteiger partial charge in [-0.05, 0) is 18.1 Å². The largest absolute Gasteiger partial charge is 0.425 e. The smallest absolute Gasteiger partial charge is 0.323 e. The highest BCUT2D eigenvalue weighted by molar-refractivity contribution is 7.12. The third kappa shape index (κ3) is 3.66. The van der Waals surface area contributed by atoms with E-state index in [1.165, 1.54) is 6.07 Å². The topological polar surface area (TPSA) is 26.0 Å². The van der Waals surface area contributed by atoms with Crippen LogP contribution in [0.15, 0.2) is 12.1 Å². The van der Waals surface area contributed by atoms with Crippen LogP contribution < -0.4 is 5.73 Å². The van der Waals surface area contributed by atoms with Gasteiger partial charge in [0.2, 0.25) is 0 Å². The van der Waals surface area contributed by atoms with Gasteiger partial charge in [-0.25, -0.2) is 0 Å². The number of halogens is 4. The van der Waals surface area contributed by atoms with E-state index in [-0.39, 0.29) is 24.4 Å². The lowest BCUT2D eigenvalue weighted by Crippen LogP contribution is -2.15. The van der Waals surface area contributed by atoms with Crippen LogP contribution in [0.3, 0.4) is 0 Å². The second kappa shape index (κ2) is 5.18. The van der Waals surface area contributed by atoms with Gasteiger partial charge in [0.05, 0.1) is 0 Å². The molecule has 1 aromatic rings. The number of nitrogens with two attached hydrogens (primary N) is 1. The van der Waals surface area contributed by atoms with Crippen molar-refractivity contribution in [3.63, 3.8) is 0 Å². The predicted molar refractivity (Wildman–Crippen MR) is 58.3 cm³/mol. The first-order chi connectivity index (χ1) is 6.32. The lowest BCUT2D eigenvalue weighted by Gasteiger charge is -2.13. The van der Waals surface area contributed by atoms with E-state index in [2.05, 4.69) is 0 Å². The average Bonchev–Trinajstić information content (AvgIpc) is 2.49. The van der Waals surface area contributed by atoms with Crippen molar-refractivity contribution in [2.45, 2.75) is 26.1 Å². The molecule has 2 N–H and O–H groups in total. The second-order valence-corrected chi connectivity index (χ2v) is 4.58. The van der Waals surface area contributed by atoms with Gasteiger partial charge in [0, 0.05) is 10.9 Å². The summed E-state index contributed by atoms with van der Waals surface area (Å²) in [5.74, 6) is 0.148. The van der Waals surface area contributed by atoms with Crippen LogP contribution in [0.25, 0.3) is 0 Å². The van der Waals surface area contributed by atoms with Crippen LogP contribution >= 0.6 is 23.7 Å². The SMILES string of the molecule is CC(C)C(N)c1ccc(C(F)(F)F)s1.Cl. The number of hydrogen-bond donors (Lipinski definition) is 1. The van der Waals surface area contributed by atoms with Gasteiger partial charge in [0.15, 0.2) is 0 Å². The zero-order valence-electron chi connectivity index (χ0n) is 8.34. The molecule has 6 heteroatoms. The van der Waals surface area contributed by atoms with Crippen LogP contribution in [0.4, 0.5) is 13.2 Å². The normalized spacial score (nSPS) is 13.8. The molecule has 0 spiro atoms. The van der Waals surface area contributed by atoms with Crippen LogP contribution in [-0.4, -0.2) is 0 Å². The van der Waals surface area contributed by atoms with Gasteiger partial charge < -0.3 is 5.73 Å². The van der Waals surface area contributed by atoms with Crippen LogP contribution in [0.1, 0.15) is 29.6 Å². The monoisotopic (exact) mass is 259 g/mol. The first-order valence-electron chi connectivity index (χ1n) is 4.25. The second-order valence-electron chi connectivity index (χ2n) is 3.47. The Morgan fingerprint density at radius 3 is 2.13 bits per heavy atom. The number of rotatable bonds is 2. The van der Waals surface area contributed by atoms with Crippen molar-refractivity contribution in [2.24, 2.45) is 11.7 Å². The van der Waals surface area contributed by atoms with E-state index in [1.807, 2.05) is 13.8 Å². The summed E-state index contributed by atoms with van der Waals surface area (Å²) < 4.78 is 36.7. The number of alkyl halides is 3. The van der Waals surface area contributed by atoms with Crippen LogP contribution in [-0.2, 0) is 6.18 Å². The highest BCUT2D eigenvalue weighted by Gasteiger charge is 2.33. The Bertz CT molecular complexity index is 309. The van der Waals surface area contributed by atoms with Crippen molar-refractivity contribution in [3.05, 3.63) is 21.9 Å². The Morgan fingerprint density at radius 2 is 1.80 bits per heavy atom. The van der Waals surface area contributed by atoms with Gasteiger partial charge >= 0.3 is 6.18 Å². The zero-order chi connectivity index (χ0) is 10.9. The summed E-state index contributed by atoms with van der Waals surface area (Å²) in [4.78, 5) is 0.0101. The summed E-state index contributed by atoms with van der Waals surface area (Å²) in [5, 5.41) is 0.